The Kier molecular flexibility index (Phi) is 6.44. The average molecular weight is 455 g/mol. The molecule has 1 aromatic heterocycles. The highest BCUT2D eigenvalue weighted by atomic mass is 35.5. The maximum absolute atomic E-state index is 13.2. The molecule has 0 aliphatic heterocycles. The fraction of sp³-hybridized carbons (Fsp3) is 0.167. The van der Waals surface area contributed by atoms with Crippen LogP contribution in [0, 0.1) is 0 Å². The van der Waals surface area contributed by atoms with E-state index in [9.17, 15) is 4.79 Å². The molecule has 0 amide bonds. The first-order valence-electron chi connectivity index (χ1n) is 9.79. The summed E-state index contributed by atoms with van der Waals surface area (Å²) in [7, 11) is 1.62. The van der Waals surface area contributed by atoms with E-state index < -0.39 is 0 Å². The van der Waals surface area contributed by atoms with Crippen molar-refractivity contribution >= 4 is 34.1 Å². The molecule has 0 bridgehead atoms. The fourth-order valence-electron chi connectivity index (χ4n) is 3.34. The van der Waals surface area contributed by atoms with Crippen LogP contribution in [0.1, 0.15) is 6.42 Å². The smallest absolute Gasteiger partial charge is 0.261 e. The van der Waals surface area contributed by atoms with Crippen molar-refractivity contribution in [2.45, 2.75) is 13.0 Å². The second kappa shape index (κ2) is 9.41. The van der Waals surface area contributed by atoms with Crippen molar-refractivity contribution in [2.24, 2.45) is 0 Å². The Morgan fingerprint density at radius 3 is 2.52 bits per heavy atom. The molecule has 0 radical (unpaired) electrons. The number of halogens is 2. The minimum Gasteiger partial charge on any atom is -0.497 e. The van der Waals surface area contributed by atoms with E-state index in [1.54, 1.807) is 35.9 Å². The average Bonchev–Trinajstić information content (AvgIpc) is 2.80. The van der Waals surface area contributed by atoms with E-state index in [2.05, 4.69) is 0 Å². The van der Waals surface area contributed by atoms with E-state index in [-0.39, 0.29) is 5.56 Å². The summed E-state index contributed by atoms with van der Waals surface area (Å²) in [5, 5.41) is 1.40. The molecule has 3 aromatic carbocycles. The molecule has 0 saturated heterocycles. The number of methoxy groups -OCH3 is 1. The van der Waals surface area contributed by atoms with Gasteiger partial charge < -0.3 is 9.47 Å². The summed E-state index contributed by atoms with van der Waals surface area (Å²) in [5.74, 6) is 1.87. The second-order valence-corrected chi connectivity index (χ2v) is 7.68. The van der Waals surface area contributed by atoms with Crippen molar-refractivity contribution in [3.8, 4) is 22.9 Å². The zero-order chi connectivity index (χ0) is 21.8. The van der Waals surface area contributed by atoms with Crippen molar-refractivity contribution in [3.63, 3.8) is 0 Å². The molecule has 0 aliphatic carbocycles. The number of ether oxygens (including phenoxy) is 2. The standard InChI is InChI=1S/C24H20Cl2N2O3/c1-30-17-12-10-16(11-13-17)23-27-20-8-3-2-6-18(20)24(29)28(23)14-5-15-31-21-9-4-7-19(25)22(21)26/h2-4,6-13H,5,14-15H2,1H3. The Hall–Kier alpha value is -3.02. The first kappa shape index (κ1) is 21.2. The van der Waals surface area contributed by atoms with Crippen LogP contribution in [0.4, 0.5) is 0 Å². The molecule has 0 N–H and O–H groups in total. The number of benzene rings is 3. The van der Waals surface area contributed by atoms with Gasteiger partial charge >= 0.3 is 0 Å². The van der Waals surface area contributed by atoms with Crippen LogP contribution >= 0.6 is 23.2 Å². The summed E-state index contributed by atoms with van der Waals surface area (Å²) in [6.45, 7) is 0.817. The number of rotatable bonds is 7. The molecule has 1 heterocycles. The minimum absolute atomic E-state index is 0.0859. The Balaban J connectivity index is 1.62. The van der Waals surface area contributed by atoms with Gasteiger partial charge in [0.05, 0.1) is 29.6 Å². The molecule has 0 saturated carbocycles. The van der Waals surface area contributed by atoms with E-state index in [0.29, 0.717) is 52.1 Å². The lowest BCUT2D eigenvalue weighted by molar-refractivity contribution is 0.301. The van der Waals surface area contributed by atoms with Crippen LogP contribution in [-0.4, -0.2) is 23.3 Å². The second-order valence-electron chi connectivity index (χ2n) is 6.89. The number of hydrogen-bond donors (Lipinski definition) is 0. The Morgan fingerprint density at radius 2 is 1.74 bits per heavy atom. The number of hydrogen-bond acceptors (Lipinski definition) is 4. The van der Waals surface area contributed by atoms with Crippen molar-refractivity contribution in [1.29, 1.82) is 0 Å². The molecule has 0 unspecified atom stereocenters. The van der Waals surface area contributed by atoms with Crippen LogP contribution in [0.25, 0.3) is 22.3 Å². The molecular weight excluding hydrogens is 435 g/mol. The quantitative estimate of drug-likeness (QED) is 0.328. The molecule has 0 spiro atoms. The van der Waals surface area contributed by atoms with Crippen molar-refractivity contribution in [2.75, 3.05) is 13.7 Å². The molecular formula is C24H20Cl2N2O3. The monoisotopic (exact) mass is 454 g/mol. The lowest BCUT2D eigenvalue weighted by Gasteiger charge is -2.15. The molecule has 0 fully saturated rings. The van der Waals surface area contributed by atoms with E-state index in [0.717, 1.165) is 11.3 Å². The maximum atomic E-state index is 13.2. The minimum atomic E-state index is -0.0859. The topological polar surface area (TPSA) is 53.3 Å². The predicted octanol–water partition coefficient (Wildman–Crippen LogP) is 5.85. The van der Waals surface area contributed by atoms with Crippen LogP contribution in [0.5, 0.6) is 11.5 Å². The Bertz CT molecular complexity index is 1270. The van der Waals surface area contributed by atoms with Crippen molar-refractivity contribution in [3.05, 3.63) is 87.1 Å². The summed E-state index contributed by atoms with van der Waals surface area (Å²) in [4.78, 5) is 18.0. The van der Waals surface area contributed by atoms with Gasteiger partial charge in [0.1, 0.15) is 22.3 Å². The van der Waals surface area contributed by atoms with Crippen LogP contribution < -0.4 is 15.0 Å². The van der Waals surface area contributed by atoms with Crippen molar-refractivity contribution in [1.82, 2.24) is 9.55 Å². The molecule has 0 aliphatic rings. The highest BCUT2D eigenvalue weighted by Gasteiger charge is 2.13. The fourth-order valence-corrected chi connectivity index (χ4v) is 3.68. The van der Waals surface area contributed by atoms with Gasteiger partial charge in [-0.15, -0.1) is 0 Å². The van der Waals surface area contributed by atoms with Gasteiger partial charge in [-0.25, -0.2) is 4.98 Å². The lowest BCUT2D eigenvalue weighted by atomic mass is 10.1. The maximum Gasteiger partial charge on any atom is 0.261 e. The zero-order valence-corrected chi connectivity index (χ0v) is 18.4. The van der Waals surface area contributed by atoms with Gasteiger partial charge in [-0.3, -0.25) is 9.36 Å². The van der Waals surface area contributed by atoms with Crippen LogP contribution in [0.2, 0.25) is 10.0 Å². The van der Waals surface area contributed by atoms with E-state index in [4.69, 9.17) is 37.7 Å². The first-order chi connectivity index (χ1) is 15.1. The van der Waals surface area contributed by atoms with Gasteiger partial charge in [0.2, 0.25) is 0 Å². The van der Waals surface area contributed by atoms with Gasteiger partial charge in [0.25, 0.3) is 5.56 Å². The van der Waals surface area contributed by atoms with Gasteiger partial charge in [-0.2, -0.15) is 0 Å². The number of fused-ring (bicyclic) bond motifs is 1. The zero-order valence-electron chi connectivity index (χ0n) is 16.8. The van der Waals surface area contributed by atoms with Crippen molar-refractivity contribution < 1.29 is 9.47 Å². The highest BCUT2D eigenvalue weighted by molar-refractivity contribution is 6.42. The molecule has 31 heavy (non-hydrogen) atoms. The third-order valence-electron chi connectivity index (χ3n) is 4.91. The van der Waals surface area contributed by atoms with Crippen LogP contribution in [0.15, 0.2) is 71.5 Å². The van der Waals surface area contributed by atoms with Gasteiger partial charge in [0, 0.05) is 12.1 Å². The molecule has 5 nitrogen and oxygen atoms in total. The molecule has 4 aromatic rings. The van der Waals surface area contributed by atoms with E-state index in [1.807, 2.05) is 42.5 Å². The number of para-hydroxylation sites is 1. The van der Waals surface area contributed by atoms with Gasteiger partial charge in [-0.1, -0.05) is 41.4 Å². The largest absolute Gasteiger partial charge is 0.497 e. The normalized spacial score (nSPS) is 10.9. The Morgan fingerprint density at radius 1 is 0.968 bits per heavy atom. The highest BCUT2D eigenvalue weighted by Crippen LogP contribution is 2.31. The van der Waals surface area contributed by atoms with E-state index >= 15 is 0 Å². The third kappa shape index (κ3) is 4.53. The molecule has 4 rings (SSSR count). The third-order valence-corrected chi connectivity index (χ3v) is 5.71. The Labute approximate surface area is 189 Å². The van der Waals surface area contributed by atoms with Gasteiger partial charge in [-0.05, 0) is 55.0 Å². The SMILES string of the molecule is COc1ccc(-c2nc3ccccc3c(=O)n2CCCOc2cccc(Cl)c2Cl)cc1. The summed E-state index contributed by atoms with van der Waals surface area (Å²) < 4.78 is 12.7. The van der Waals surface area contributed by atoms with Gasteiger partial charge in [0.15, 0.2) is 0 Å². The first-order valence-corrected chi connectivity index (χ1v) is 10.5. The summed E-state index contributed by atoms with van der Waals surface area (Å²) in [5.41, 5.74) is 1.41. The van der Waals surface area contributed by atoms with Crippen LogP contribution in [-0.2, 0) is 6.54 Å². The van der Waals surface area contributed by atoms with E-state index in [1.165, 1.54) is 0 Å². The number of aromatic nitrogens is 2. The molecule has 0 atom stereocenters. The summed E-state index contributed by atoms with van der Waals surface area (Å²) in [6.07, 6.45) is 0.589. The molecule has 7 heteroatoms. The molecule has 158 valence electrons. The number of nitrogens with zero attached hydrogens (tertiary/aromatic N) is 2. The predicted molar refractivity (Wildman–Crippen MR) is 125 cm³/mol. The lowest BCUT2D eigenvalue weighted by Crippen LogP contribution is -2.24. The van der Waals surface area contributed by atoms with Crippen LogP contribution in [0.3, 0.4) is 0 Å². The summed E-state index contributed by atoms with van der Waals surface area (Å²) >= 11 is 12.2. The summed E-state index contributed by atoms with van der Waals surface area (Å²) in [6, 6.07) is 20.1.